The summed E-state index contributed by atoms with van der Waals surface area (Å²) in [6.07, 6.45) is -10.0. The summed E-state index contributed by atoms with van der Waals surface area (Å²) in [6, 6.07) is 10.8. The fraction of sp³-hybridized carbons (Fsp3) is 0.125. The van der Waals surface area contributed by atoms with Crippen LogP contribution in [0.1, 0.15) is 21.5 Å². The molecule has 0 aliphatic rings. The molecule has 4 rings (SSSR count). The van der Waals surface area contributed by atoms with Gasteiger partial charge >= 0.3 is 18.3 Å². The minimum atomic E-state index is -5.02. The number of nitrogens with one attached hydrogen (secondary N) is 1. The Morgan fingerprint density at radius 3 is 2.00 bits per heavy atom. The van der Waals surface area contributed by atoms with Gasteiger partial charge in [-0.1, -0.05) is 24.3 Å². The molecule has 0 unspecified atom stereocenters. The van der Waals surface area contributed by atoms with Crippen LogP contribution in [0, 0.1) is 5.82 Å². The first-order valence-corrected chi connectivity index (χ1v) is 10.1. The molecule has 0 aliphatic carbocycles. The SMILES string of the molecule is COC(=O)c1ccc(-c2nnc(Nc3cc(C(F)(F)F)cc(C(F)(F)F)c3)c3ccccc23)c(F)c1. The largest absolute Gasteiger partial charge is 0.465 e. The molecular formula is C24H14F7N3O2. The fourth-order valence-corrected chi connectivity index (χ4v) is 3.51. The molecule has 4 aromatic rings. The van der Waals surface area contributed by atoms with Gasteiger partial charge < -0.3 is 10.1 Å². The number of anilines is 2. The van der Waals surface area contributed by atoms with Crippen LogP contribution in [0.3, 0.4) is 0 Å². The molecule has 0 amide bonds. The van der Waals surface area contributed by atoms with Gasteiger partial charge in [0.2, 0.25) is 0 Å². The third kappa shape index (κ3) is 4.92. The Morgan fingerprint density at radius 1 is 0.833 bits per heavy atom. The van der Waals surface area contributed by atoms with Gasteiger partial charge in [0.05, 0.1) is 23.8 Å². The first-order chi connectivity index (χ1) is 16.9. The quantitative estimate of drug-likeness (QED) is 0.237. The molecule has 12 heteroatoms. The molecule has 0 saturated carbocycles. The van der Waals surface area contributed by atoms with E-state index in [1.165, 1.54) is 24.3 Å². The van der Waals surface area contributed by atoms with Crippen molar-refractivity contribution in [3.63, 3.8) is 0 Å². The van der Waals surface area contributed by atoms with Crippen LogP contribution in [0.15, 0.2) is 60.7 Å². The van der Waals surface area contributed by atoms with E-state index in [-0.39, 0.29) is 34.1 Å². The number of carbonyl (C=O) groups excluding carboxylic acids is 1. The van der Waals surface area contributed by atoms with Crippen LogP contribution in [0.2, 0.25) is 0 Å². The summed E-state index contributed by atoms with van der Waals surface area (Å²) in [6.45, 7) is 0. The maximum atomic E-state index is 14.8. The van der Waals surface area contributed by atoms with Crippen molar-refractivity contribution in [3.8, 4) is 11.3 Å². The molecule has 0 saturated heterocycles. The van der Waals surface area contributed by atoms with Gasteiger partial charge in [0.1, 0.15) is 11.5 Å². The van der Waals surface area contributed by atoms with Gasteiger partial charge in [-0.25, -0.2) is 9.18 Å². The first kappa shape index (κ1) is 24.9. The summed E-state index contributed by atoms with van der Waals surface area (Å²) >= 11 is 0. The summed E-state index contributed by atoms with van der Waals surface area (Å²) in [5, 5.41) is 10.9. The summed E-state index contributed by atoms with van der Waals surface area (Å²) in [5.74, 6) is -1.71. The maximum Gasteiger partial charge on any atom is 0.416 e. The Bertz CT molecular complexity index is 1430. The lowest BCUT2D eigenvalue weighted by molar-refractivity contribution is -0.143. The van der Waals surface area contributed by atoms with Gasteiger partial charge in [-0.05, 0) is 36.4 Å². The molecule has 1 aromatic heterocycles. The highest BCUT2D eigenvalue weighted by atomic mass is 19.4. The Hall–Kier alpha value is -4.22. The van der Waals surface area contributed by atoms with Crippen LogP contribution >= 0.6 is 0 Å². The molecule has 3 aromatic carbocycles. The number of rotatable bonds is 4. The van der Waals surface area contributed by atoms with Crippen molar-refractivity contribution in [1.82, 2.24) is 10.2 Å². The number of esters is 1. The van der Waals surface area contributed by atoms with Crippen molar-refractivity contribution < 1.29 is 40.3 Å². The summed E-state index contributed by atoms with van der Waals surface area (Å²) < 4.78 is 98.7. The molecule has 0 spiro atoms. The number of hydrogen-bond acceptors (Lipinski definition) is 5. The predicted octanol–water partition coefficient (Wildman–Crippen LogP) is 7.00. The van der Waals surface area contributed by atoms with Crippen LogP contribution in [0.25, 0.3) is 22.0 Å². The van der Waals surface area contributed by atoms with Crippen molar-refractivity contribution in [1.29, 1.82) is 0 Å². The summed E-state index contributed by atoms with van der Waals surface area (Å²) in [4.78, 5) is 11.7. The van der Waals surface area contributed by atoms with E-state index in [1.807, 2.05) is 0 Å². The Balaban J connectivity index is 1.81. The molecule has 0 aliphatic heterocycles. The zero-order valence-electron chi connectivity index (χ0n) is 18.1. The third-order valence-corrected chi connectivity index (χ3v) is 5.18. The lowest BCUT2D eigenvalue weighted by Gasteiger charge is -2.16. The zero-order valence-corrected chi connectivity index (χ0v) is 18.1. The average molecular weight is 509 g/mol. The molecule has 0 radical (unpaired) electrons. The van der Waals surface area contributed by atoms with Gasteiger partial charge in [-0.2, -0.15) is 26.3 Å². The summed E-state index contributed by atoms with van der Waals surface area (Å²) in [5.41, 5.74) is -3.54. The highest BCUT2D eigenvalue weighted by molar-refractivity contribution is 6.01. The van der Waals surface area contributed by atoms with E-state index < -0.39 is 41.0 Å². The van der Waals surface area contributed by atoms with Gasteiger partial charge in [-0.3, -0.25) is 0 Å². The van der Waals surface area contributed by atoms with Gasteiger partial charge in [0.25, 0.3) is 0 Å². The monoisotopic (exact) mass is 509 g/mol. The maximum absolute atomic E-state index is 14.8. The van der Waals surface area contributed by atoms with Crippen molar-refractivity contribution in [2.24, 2.45) is 0 Å². The van der Waals surface area contributed by atoms with Gasteiger partial charge in [0.15, 0.2) is 5.82 Å². The van der Waals surface area contributed by atoms with E-state index >= 15 is 0 Å². The fourth-order valence-electron chi connectivity index (χ4n) is 3.51. The van der Waals surface area contributed by atoms with Crippen LogP contribution in [-0.2, 0) is 17.1 Å². The van der Waals surface area contributed by atoms with E-state index in [1.54, 1.807) is 12.1 Å². The normalized spacial score (nSPS) is 12.0. The Kier molecular flexibility index (Phi) is 6.29. The number of aromatic nitrogens is 2. The second-order valence-electron chi connectivity index (χ2n) is 7.55. The van der Waals surface area contributed by atoms with Crippen LogP contribution in [-0.4, -0.2) is 23.3 Å². The lowest BCUT2D eigenvalue weighted by Crippen LogP contribution is -2.12. The molecule has 0 bridgehead atoms. The van der Waals surface area contributed by atoms with Gasteiger partial charge in [-0.15, -0.1) is 10.2 Å². The second-order valence-corrected chi connectivity index (χ2v) is 7.55. The average Bonchev–Trinajstić information content (AvgIpc) is 2.82. The number of nitrogens with zero attached hydrogens (tertiary/aromatic N) is 2. The number of benzene rings is 3. The smallest absolute Gasteiger partial charge is 0.416 e. The zero-order chi connectivity index (χ0) is 26.3. The minimum Gasteiger partial charge on any atom is -0.465 e. The number of halogens is 7. The molecule has 5 nitrogen and oxygen atoms in total. The standard InChI is InChI=1S/C24H14F7N3O2/c1-36-22(35)12-6-7-18(19(25)8-12)20-16-4-2-3-5-17(16)21(34-33-20)32-15-10-13(23(26,27)28)9-14(11-15)24(29,30)31/h2-11H,1H3,(H,32,34). The number of hydrogen-bond donors (Lipinski definition) is 1. The number of carbonyl (C=O) groups is 1. The van der Waals surface area contributed by atoms with E-state index in [4.69, 9.17) is 0 Å². The van der Waals surface area contributed by atoms with E-state index in [9.17, 15) is 35.5 Å². The lowest BCUT2D eigenvalue weighted by atomic mass is 10.0. The molecule has 0 fully saturated rings. The van der Waals surface area contributed by atoms with E-state index in [0.717, 1.165) is 13.2 Å². The van der Waals surface area contributed by atoms with Crippen molar-refractivity contribution in [2.45, 2.75) is 12.4 Å². The molecule has 0 atom stereocenters. The van der Waals surface area contributed by atoms with Gasteiger partial charge in [0, 0.05) is 22.0 Å². The minimum absolute atomic E-state index is 0.0127. The van der Waals surface area contributed by atoms with Crippen molar-refractivity contribution >= 4 is 28.2 Å². The highest BCUT2D eigenvalue weighted by Crippen LogP contribution is 2.39. The molecule has 1 N–H and O–H groups in total. The number of fused-ring (bicyclic) bond motifs is 1. The molecule has 36 heavy (non-hydrogen) atoms. The van der Waals surface area contributed by atoms with Crippen molar-refractivity contribution in [3.05, 3.63) is 83.2 Å². The number of methoxy groups -OCH3 is 1. The Labute approximate surface area is 198 Å². The third-order valence-electron chi connectivity index (χ3n) is 5.18. The van der Waals surface area contributed by atoms with E-state index in [0.29, 0.717) is 17.5 Å². The van der Waals surface area contributed by atoms with Crippen LogP contribution in [0.4, 0.5) is 42.2 Å². The summed E-state index contributed by atoms with van der Waals surface area (Å²) in [7, 11) is 1.14. The topological polar surface area (TPSA) is 64.1 Å². The van der Waals surface area contributed by atoms with Crippen molar-refractivity contribution in [2.75, 3.05) is 12.4 Å². The molecule has 1 heterocycles. The van der Waals surface area contributed by atoms with Crippen LogP contribution in [0.5, 0.6) is 0 Å². The molecular weight excluding hydrogens is 495 g/mol. The second kappa shape index (κ2) is 9.10. The first-order valence-electron chi connectivity index (χ1n) is 10.1. The van der Waals surface area contributed by atoms with E-state index in [2.05, 4.69) is 20.3 Å². The Morgan fingerprint density at radius 2 is 1.44 bits per heavy atom. The molecule has 186 valence electrons. The number of ether oxygens (including phenoxy) is 1. The highest BCUT2D eigenvalue weighted by Gasteiger charge is 2.37. The number of alkyl halides is 6. The predicted molar refractivity (Wildman–Crippen MR) is 116 cm³/mol. The van der Waals surface area contributed by atoms with Crippen LogP contribution < -0.4 is 5.32 Å².